The molecule has 2 N–H and O–H groups in total. The predicted molar refractivity (Wildman–Crippen MR) is 134 cm³/mol. The Bertz CT molecular complexity index is 1280. The van der Waals surface area contributed by atoms with Crippen LogP contribution in [0.25, 0.3) is 0 Å². The minimum absolute atomic E-state index is 0.0447. The lowest BCUT2D eigenvalue weighted by molar-refractivity contribution is -0.144. The molecule has 1 heterocycles. The van der Waals surface area contributed by atoms with Crippen LogP contribution in [0.5, 0.6) is 5.75 Å². The molecule has 35 heavy (non-hydrogen) atoms. The van der Waals surface area contributed by atoms with E-state index >= 15 is 0 Å². The van der Waals surface area contributed by atoms with Crippen LogP contribution >= 0.6 is 23.2 Å². The lowest BCUT2D eigenvalue weighted by Gasteiger charge is -2.22. The quantitative estimate of drug-likeness (QED) is 0.307. The molecule has 9 nitrogen and oxygen atoms in total. The van der Waals surface area contributed by atoms with Crippen LogP contribution in [0.1, 0.15) is 36.7 Å². The minimum Gasteiger partial charge on any atom is -0.485 e. The third-order valence-electron chi connectivity index (χ3n) is 4.84. The van der Waals surface area contributed by atoms with Gasteiger partial charge in [0.15, 0.2) is 5.75 Å². The van der Waals surface area contributed by atoms with Gasteiger partial charge in [-0.25, -0.2) is 4.79 Å². The molecule has 0 saturated carbocycles. The average Bonchev–Trinajstić information content (AvgIpc) is 2.81. The van der Waals surface area contributed by atoms with Crippen molar-refractivity contribution < 1.29 is 19.1 Å². The molecule has 3 rings (SSSR count). The molecule has 0 aliphatic heterocycles. The number of rotatable bonds is 10. The summed E-state index contributed by atoms with van der Waals surface area (Å²) in [6, 6.07) is 5.74. The van der Waals surface area contributed by atoms with Crippen molar-refractivity contribution in [3.63, 3.8) is 0 Å². The fraction of sp³-hybridized carbons (Fsp3) is 0.292. The number of amides is 1. The molecular weight excluding hydrogens is 497 g/mol. The van der Waals surface area contributed by atoms with Crippen LogP contribution in [0.2, 0.25) is 10.0 Å². The highest BCUT2D eigenvalue weighted by atomic mass is 35.5. The van der Waals surface area contributed by atoms with Crippen LogP contribution < -0.4 is 26.2 Å². The van der Waals surface area contributed by atoms with Crippen molar-refractivity contribution in [3.8, 4) is 5.75 Å². The van der Waals surface area contributed by atoms with E-state index in [0.29, 0.717) is 11.3 Å². The maximum absolute atomic E-state index is 12.5. The van der Waals surface area contributed by atoms with Gasteiger partial charge >= 0.3 is 5.97 Å². The van der Waals surface area contributed by atoms with Gasteiger partial charge in [-0.3, -0.25) is 19.4 Å². The second-order valence-electron chi connectivity index (χ2n) is 7.81. The molecule has 0 bridgehead atoms. The summed E-state index contributed by atoms with van der Waals surface area (Å²) in [6.07, 6.45) is 2.47. The first-order valence-corrected chi connectivity index (χ1v) is 11.5. The maximum atomic E-state index is 12.5. The van der Waals surface area contributed by atoms with Crippen molar-refractivity contribution >= 4 is 46.5 Å². The Morgan fingerprint density at radius 3 is 2.23 bits per heavy atom. The summed E-state index contributed by atoms with van der Waals surface area (Å²) in [6.45, 7) is 5.25. The summed E-state index contributed by atoms with van der Waals surface area (Å²) in [5.74, 6) is -1.18. The van der Waals surface area contributed by atoms with E-state index in [-0.39, 0.29) is 46.2 Å². The van der Waals surface area contributed by atoms with Crippen LogP contribution in [-0.2, 0) is 16.0 Å². The number of ether oxygens (including phenoxy) is 2. The molecule has 0 fully saturated rings. The smallest absolute Gasteiger partial charge is 0.328 e. The summed E-state index contributed by atoms with van der Waals surface area (Å²) in [5.41, 5.74) is -0.250. The zero-order valence-corrected chi connectivity index (χ0v) is 20.7. The highest BCUT2D eigenvalue weighted by molar-refractivity contribution is 6.40. The number of carbonyl (C=O) groups is 2. The average molecular weight is 520 g/mol. The van der Waals surface area contributed by atoms with Gasteiger partial charge in [0.25, 0.3) is 16.8 Å². The number of benzene rings is 1. The number of nitrogens with one attached hydrogen (secondary N) is 2. The summed E-state index contributed by atoms with van der Waals surface area (Å²) < 4.78 is 10.5. The predicted octanol–water partition coefficient (Wildman–Crippen LogP) is 3.61. The van der Waals surface area contributed by atoms with Crippen molar-refractivity contribution in [1.82, 2.24) is 4.98 Å². The summed E-state index contributed by atoms with van der Waals surface area (Å²) in [5, 5.41) is 5.75. The normalized spacial score (nSPS) is 11.8. The molecule has 0 unspecified atom stereocenters. The number of hydrogen-bond acceptors (Lipinski definition) is 8. The highest BCUT2D eigenvalue weighted by Crippen LogP contribution is 2.25. The Morgan fingerprint density at radius 1 is 1.03 bits per heavy atom. The van der Waals surface area contributed by atoms with Crippen LogP contribution in [-0.4, -0.2) is 35.6 Å². The molecule has 0 aliphatic carbocycles. The van der Waals surface area contributed by atoms with E-state index in [9.17, 15) is 19.2 Å². The van der Waals surface area contributed by atoms with Gasteiger partial charge < -0.3 is 20.1 Å². The van der Waals surface area contributed by atoms with E-state index in [4.69, 9.17) is 32.7 Å². The fourth-order valence-electron chi connectivity index (χ4n) is 3.24. The van der Waals surface area contributed by atoms with Crippen molar-refractivity contribution in [2.75, 3.05) is 17.2 Å². The topological polar surface area (TPSA) is 124 Å². The van der Waals surface area contributed by atoms with Crippen molar-refractivity contribution in [2.24, 2.45) is 0 Å². The highest BCUT2D eigenvalue weighted by Gasteiger charge is 2.29. The zero-order valence-electron chi connectivity index (χ0n) is 19.2. The summed E-state index contributed by atoms with van der Waals surface area (Å²) in [7, 11) is 0. The number of pyridine rings is 1. The van der Waals surface area contributed by atoms with Crippen molar-refractivity contribution in [2.45, 2.75) is 39.3 Å². The van der Waals surface area contributed by atoms with Crippen LogP contribution in [0.15, 0.2) is 46.2 Å². The van der Waals surface area contributed by atoms with Crippen molar-refractivity contribution in [1.29, 1.82) is 0 Å². The Morgan fingerprint density at radius 2 is 1.66 bits per heavy atom. The Kier molecular flexibility index (Phi) is 8.48. The number of hydrogen-bond donors (Lipinski definition) is 2. The van der Waals surface area contributed by atoms with Gasteiger partial charge in [0.05, 0.1) is 28.3 Å². The molecule has 1 aromatic heterocycles. The van der Waals surface area contributed by atoms with Gasteiger partial charge in [0.2, 0.25) is 0 Å². The first kappa shape index (κ1) is 26.2. The Labute approximate surface area is 211 Å². The van der Waals surface area contributed by atoms with Crippen LogP contribution in [0, 0.1) is 0 Å². The lowest BCUT2D eigenvalue weighted by atomic mass is 10.0. The van der Waals surface area contributed by atoms with E-state index in [1.807, 2.05) is 0 Å². The molecule has 0 aliphatic rings. The van der Waals surface area contributed by atoms with Gasteiger partial charge in [-0.15, -0.1) is 0 Å². The minimum atomic E-state index is -0.942. The summed E-state index contributed by atoms with van der Waals surface area (Å²) in [4.78, 5) is 52.9. The van der Waals surface area contributed by atoms with Gasteiger partial charge in [-0.2, -0.15) is 0 Å². The van der Waals surface area contributed by atoms with Crippen LogP contribution in [0.4, 0.5) is 11.4 Å². The van der Waals surface area contributed by atoms with Gasteiger partial charge in [0.1, 0.15) is 11.7 Å². The van der Waals surface area contributed by atoms with E-state index in [1.165, 1.54) is 12.4 Å². The molecule has 1 atom stereocenters. The first-order valence-electron chi connectivity index (χ1n) is 10.7. The molecule has 1 amide bonds. The Hall–Kier alpha value is -3.43. The monoisotopic (exact) mass is 519 g/mol. The number of aromatic nitrogens is 1. The molecule has 184 valence electrons. The summed E-state index contributed by atoms with van der Waals surface area (Å²) >= 11 is 12.1. The number of nitrogens with zero attached hydrogens (tertiary/aromatic N) is 1. The second kappa shape index (κ2) is 11.3. The molecule has 11 heteroatoms. The number of anilines is 2. The Balaban J connectivity index is 1.75. The SMILES string of the molecule is CCOC(=O)[C@H](Cc1ccc(NC(=O)c2c(Cl)cncc2Cl)cc1)Nc1c(OC(C)C)c(=O)c1=O. The molecule has 3 aromatic rings. The van der Waals surface area contributed by atoms with Gasteiger partial charge in [0, 0.05) is 24.5 Å². The molecule has 0 saturated heterocycles. The standard InChI is InChI=1S/C24H23Cl2N3O6/c1-4-34-24(33)17(29-19-20(30)21(31)22(19)35-12(2)3)9-13-5-7-14(8-6-13)28-23(32)18-15(25)10-27-11-16(18)26/h5-8,10-12,17,29H,4,9H2,1-3H3,(H,28,32)/t17-/m0/s1. The number of esters is 1. The third-order valence-corrected chi connectivity index (χ3v) is 5.42. The third kappa shape index (κ3) is 6.17. The van der Waals surface area contributed by atoms with E-state index < -0.39 is 28.8 Å². The second-order valence-corrected chi connectivity index (χ2v) is 8.63. The van der Waals surface area contributed by atoms with Gasteiger partial charge in [-0.05, 0) is 38.5 Å². The number of carbonyl (C=O) groups excluding carboxylic acids is 2. The first-order chi connectivity index (χ1) is 16.6. The van der Waals surface area contributed by atoms with E-state index in [0.717, 1.165) is 0 Å². The maximum Gasteiger partial charge on any atom is 0.328 e. The van der Waals surface area contributed by atoms with Gasteiger partial charge in [-0.1, -0.05) is 35.3 Å². The lowest BCUT2D eigenvalue weighted by Crippen LogP contribution is -2.42. The molecule has 0 spiro atoms. The van der Waals surface area contributed by atoms with E-state index in [1.54, 1.807) is 45.0 Å². The molecule has 0 radical (unpaired) electrons. The van der Waals surface area contributed by atoms with Crippen LogP contribution in [0.3, 0.4) is 0 Å². The molecule has 2 aromatic carbocycles. The fourth-order valence-corrected chi connectivity index (χ4v) is 3.78. The molecular formula is C24H23Cl2N3O6. The van der Waals surface area contributed by atoms with E-state index in [2.05, 4.69) is 15.6 Å². The van der Waals surface area contributed by atoms with Crippen molar-refractivity contribution in [3.05, 3.63) is 78.3 Å². The number of halogens is 2. The largest absolute Gasteiger partial charge is 0.485 e. The zero-order chi connectivity index (χ0) is 25.7.